The molecule has 3 rings (SSSR count). The van der Waals surface area contributed by atoms with Gasteiger partial charge in [0.1, 0.15) is 0 Å². The van der Waals surface area contributed by atoms with E-state index >= 15 is 0 Å². The summed E-state index contributed by atoms with van der Waals surface area (Å²) in [5.41, 5.74) is 3.75. The van der Waals surface area contributed by atoms with Gasteiger partial charge in [0.2, 0.25) is 0 Å². The number of nitrogens with one attached hydrogen (secondary N) is 1. The smallest absolute Gasteiger partial charge is 0.256 e. The van der Waals surface area contributed by atoms with Gasteiger partial charge in [0, 0.05) is 23.4 Å². The molecule has 0 fully saturated rings. The van der Waals surface area contributed by atoms with Gasteiger partial charge in [-0.15, -0.1) is 11.8 Å². The van der Waals surface area contributed by atoms with Gasteiger partial charge in [-0.3, -0.25) is 4.79 Å². The molecule has 0 spiro atoms. The van der Waals surface area contributed by atoms with Crippen molar-refractivity contribution in [2.45, 2.75) is 12.7 Å². The number of carbonyl (C=O) groups is 1. The Labute approximate surface area is 187 Å². The Hall–Kier alpha value is -2.82. The van der Waals surface area contributed by atoms with E-state index in [1.54, 1.807) is 24.9 Å². The lowest BCUT2D eigenvalue weighted by Crippen LogP contribution is -2.21. The molecule has 0 aromatic heterocycles. The predicted molar refractivity (Wildman–Crippen MR) is 131 cm³/mol. The largest absolute Gasteiger partial charge is 0.317 e. The molecular formula is C25H25ClN2OS. The number of benzene rings is 3. The Morgan fingerprint density at radius 3 is 2.27 bits per heavy atom. The van der Waals surface area contributed by atoms with Crippen LogP contribution in [-0.4, -0.2) is 19.7 Å². The molecule has 30 heavy (non-hydrogen) atoms. The quantitative estimate of drug-likeness (QED) is 0.440. The molecule has 0 aliphatic rings. The molecule has 0 heterocycles. The summed E-state index contributed by atoms with van der Waals surface area (Å²) >= 11 is 7.70. The molecule has 0 radical (unpaired) electrons. The molecule has 0 bridgehead atoms. The van der Waals surface area contributed by atoms with E-state index < -0.39 is 0 Å². The molecule has 154 valence electrons. The van der Waals surface area contributed by atoms with Crippen LogP contribution >= 0.6 is 23.4 Å². The van der Waals surface area contributed by atoms with Crippen molar-refractivity contribution in [1.82, 2.24) is 5.32 Å². The van der Waals surface area contributed by atoms with Crippen molar-refractivity contribution in [3.8, 4) is 0 Å². The highest BCUT2D eigenvalue weighted by molar-refractivity contribution is 8.02. The molecule has 0 saturated heterocycles. The molecular weight excluding hydrogens is 412 g/mol. The van der Waals surface area contributed by atoms with Crippen LogP contribution in [-0.2, 0) is 5.75 Å². The zero-order chi connectivity index (χ0) is 21.8. The zero-order valence-corrected chi connectivity index (χ0v) is 18.7. The number of amides is 1. The Morgan fingerprint density at radius 1 is 1.07 bits per heavy atom. The Bertz CT molecular complexity index is 968. The minimum absolute atomic E-state index is 0.164. The standard InChI is InChI=1S/C23H20ClNOS.C2H5N/c1-17-12-20(15-21(24)13-17)23(26)25-22(14-18-8-4-2-5-9-18)27-16-19-10-6-3-7-11-19;1-3-2/h2-15H,16H2,1H3,(H,25,26);1H2,2H3/b22-14+;. The number of hydrogen-bond acceptors (Lipinski definition) is 3. The van der Waals surface area contributed by atoms with Crippen LogP contribution in [0.2, 0.25) is 5.02 Å². The summed E-state index contributed by atoms with van der Waals surface area (Å²) in [6.07, 6.45) is 1.99. The summed E-state index contributed by atoms with van der Waals surface area (Å²) in [6, 6.07) is 25.5. The summed E-state index contributed by atoms with van der Waals surface area (Å²) in [5.74, 6) is 0.609. The van der Waals surface area contributed by atoms with Crippen LogP contribution in [0, 0.1) is 6.92 Å². The van der Waals surface area contributed by atoms with Gasteiger partial charge in [-0.2, -0.15) is 0 Å². The number of aryl methyl sites for hydroxylation is 1. The van der Waals surface area contributed by atoms with Crippen molar-refractivity contribution < 1.29 is 4.79 Å². The van der Waals surface area contributed by atoms with Gasteiger partial charge in [0.25, 0.3) is 5.91 Å². The second-order valence-electron chi connectivity index (χ2n) is 6.48. The first kappa shape index (κ1) is 23.5. The van der Waals surface area contributed by atoms with Crippen LogP contribution in [0.5, 0.6) is 0 Å². The summed E-state index contributed by atoms with van der Waals surface area (Å²) in [5, 5.41) is 4.39. The fraction of sp³-hybridized carbons (Fsp3) is 0.120. The molecule has 1 N–H and O–H groups in total. The molecule has 3 aromatic rings. The van der Waals surface area contributed by atoms with Crippen molar-refractivity contribution in [1.29, 1.82) is 0 Å². The van der Waals surface area contributed by atoms with E-state index in [2.05, 4.69) is 29.2 Å². The third kappa shape index (κ3) is 8.27. The third-order valence-corrected chi connectivity index (χ3v) is 5.10. The fourth-order valence-corrected chi connectivity index (χ4v) is 3.79. The van der Waals surface area contributed by atoms with Gasteiger partial charge in [-0.25, -0.2) is 0 Å². The molecule has 0 aliphatic heterocycles. The van der Waals surface area contributed by atoms with Crippen molar-refractivity contribution >= 4 is 42.1 Å². The van der Waals surface area contributed by atoms with Crippen molar-refractivity contribution in [3.63, 3.8) is 0 Å². The van der Waals surface area contributed by atoms with Gasteiger partial charge in [0.05, 0.1) is 5.03 Å². The third-order valence-electron chi connectivity index (χ3n) is 3.88. The Balaban J connectivity index is 0.00000101. The van der Waals surface area contributed by atoms with Gasteiger partial charge < -0.3 is 10.3 Å². The lowest BCUT2D eigenvalue weighted by atomic mass is 10.1. The topological polar surface area (TPSA) is 41.5 Å². The molecule has 3 nitrogen and oxygen atoms in total. The maximum Gasteiger partial charge on any atom is 0.256 e. The molecule has 1 amide bonds. The van der Waals surface area contributed by atoms with Crippen molar-refractivity contribution in [2.75, 3.05) is 7.05 Å². The van der Waals surface area contributed by atoms with Gasteiger partial charge in [-0.05, 0) is 54.6 Å². The second kappa shape index (κ2) is 12.7. The van der Waals surface area contributed by atoms with Crippen LogP contribution < -0.4 is 5.32 Å². The van der Waals surface area contributed by atoms with E-state index in [0.717, 1.165) is 21.9 Å². The molecule has 0 saturated carbocycles. The summed E-state index contributed by atoms with van der Waals surface area (Å²) in [6.45, 7) is 5.04. The maximum atomic E-state index is 12.7. The number of aliphatic imine (C=N–C) groups is 1. The summed E-state index contributed by atoms with van der Waals surface area (Å²) in [7, 11) is 1.64. The van der Waals surface area contributed by atoms with E-state index in [1.807, 2.05) is 73.7 Å². The number of thioether (sulfide) groups is 1. The Kier molecular flexibility index (Phi) is 9.92. The molecule has 0 unspecified atom stereocenters. The Morgan fingerprint density at radius 2 is 1.67 bits per heavy atom. The van der Waals surface area contributed by atoms with Crippen LogP contribution in [0.1, 0.15) is 27.0 Å². The lowest BCUT2D eigenvalue weighted by molar-refractivity contribution is 0.0969. The predicted octanol–water partition coefficient (Wildman–Crippen LogP) is 6.63. The molecule has 3 aromatic carbocycles. The highest BCUT2D eigenvalue weighted by Crippen LogP contribution is 2.23. The number of rotatable bonds is 6. The maximum absolute atomic E-state index is 12.7. The van der Waals surface area contributed by atoms with Gasteiger partial charge in [0.15, 0.2) is 0 Å². The SMILES string of the molecule is C=NC.Cc1cc(Cl)cc(C(=O)N/C(=C\c2ccccc2)SCc2ccccc2)c1. The van der Waals surface area contributed by atoms with Gasteiger partial charge in [-0.1, -0.05) is 72.3 Å². The highest BCUT2D eigenvalue weighted by atomic mass is 35.5. The first-order valence-corrected chi connectivity index (χ1v) is 10.7. The second-order valence-corrected chi connectivity index (χ2v) is 7.93. The van der Waals surface area contributed by atoms with E-state index in [9.17, 15) is 4.79 Å². The van der Waals surface area contributed by atoms with E-state index in [4.69, 9.17) is 11.6 Å². The van der Waals surface area contributed by atoms with Crippen LogP contribution in [0.3, 0.4) is 0 Å². The van der Waals surface area contributed by atoms with E-state index in [0.29, 0.717) is 10.6 Å². The van der Waals surface area contributed by atoms with Crippen molar-refractivity contribution in [2.24, 2.45) is 4.99 Å². The van der Waals surface area contributed by atoms with E-state index in [-0.39, 0.29) is 5.91 Å². The monoisotopic (exact) mass is 436 g/mol. The highest BCUT2D eigenvalue weighted by Gasteiger charge is 2.10. The lowest BCUT2D eigenvalue weighted by Gasteiger charge is -2.11. The number of nitrogens with zero attached hydrogens (tertiary/aromatic N) is 1. The minimum Gasteiger partial charge on any atom is -0.317 e. The molecule has 0 atom stereocenters. The zero-order valence-electron chi connectivity index (χ0n) is 17.1. The first-order valence-electron chi connectivity index (χ1n) is 9.38. The van der Waals surface area contributed by atoms with Crippen LogP contribution in [0.4, 0.5) is 0 Å². The average Bonchev–Trinajstić information content (AvgIpc) is 2.73. The summed E-state index contributed by atoms with van der Waals surface area (Å²) in [4.78, 5) is 16.0. The van der Waals surface area contributed by atoms with Gasteiger partial charge >= 0.3 is 0 Å². The van der Waals surface area contributed by atoms with Crippen LogP contribution in [0.15, 0.2) is 88.9 Å². The number of hydrogen-bond donors (Lipinski definition) is 1. The molecule has 5 heteroatoms. The van der Waals surface area contributed by atoms with Crippen molar-refractivity contribution in [3.05, 3.63) is 111 Å². The minimum atomic E-state index is -0.164. The van der Waals surface area contributed by atoms with Crippen LogP contribution in [0.25, 0.3) is 6.08 Å². The summed E-state index contributed by atoms with van der Waals surface area (Å²) < 4.78 is 0. The number of carbonyl (C=O) groups excluding carboxylic acids is 1. The molecule has 0 aliphatic carbocycles. The number of halogens is 1. The average molecular weight is 437 g/mol. The fourth-order valence-electron chi connectivity index (χ4n) is 2.60. The van der Waals surface area contributed by atoms with E-state index in [1.165, 1.54) is 5.56 Å². The first-order chi connectivity index (χ1) is 14.5. The normalized spacial score (nSPS) is 10.6.